The highest BCUT2D eigenvalue weighted by Gasteiger charge is 2.16. The van der Waals surface area contributed by atoms with Crippen LogP contribution in [0.4, 0.5) is 0 Å². The second-order valence-electron chi connectivity index (χ2n) is 8.87. The highest BCUT2D eigenvalue weighted by atomic mass is 32.1. The molecule has 0 aliphatic rings. The van der Waals surface area contributed by atoms with Gasteiger partial charge in [0.05, 0.1) is 11.1 Å². The van der Waals surface area contributed by atoms with Gasteiger partial charge in [-0.1, -0.05) is 6.92 Å². The Morgan fingerprint density at radius 2 is 1.89 bits per heavy atom. The lowest BCUT2D eigenvalue weighted by atomic mass is 10.1. The molecule has 2 aromatic carbocycles. The van der Waals surface area contributed by atoms with Gasteiger partial charge in [0.1, 0.15) is 11.5 Å². The van der Waals surface area contributed by atoms with Gasteiger partial charge in [0.25, 0.3) is 11.8 Å². The molecule has 0 aliphatic carbocycles. The van der Waals surface area contributed by atoms with Crippen LogP contribution in [0.2, 0.25) is 0 Å². The molecule has 2 aromatic heterocycles. The number of nitrogens with one attached hydrogen (secondary N) is 2. The summed E-state index contributed by atoms with van der Waals surface area (Å²) in [7, 11) is 3.34. The Morgan fingerprint density at radius 3 is 2.67 bits per heavy atom. The van der Waals surface area contributed by atoms with Gasteiger partial charge in [0, 0.05) is 59.4 Å². The smallest absolute Gasteiger partial charge is 0.252 e. The van der Waals surface area contributed by atoms with Gasteiger partial charge in [0.15, 0.2) is 0 Å². The molecule has 0 aliphatic heterocycles. The fourth-order valence-corrected chi connectivity index (χ4v) is 5.36. The number of pyridine rings is 1. The van der Waals surface area contributed by atoms with Crippen LogP contribution in [-0.4, -0.2) is 44.1 Å². The predicted octanol–water partition coefficient (Wildman–Crippen LogP) is 5.70. The number of hydrogen-bond acceptors (Lipinski definition) is 6. The van der Waals surface area contributed by atoms with E-state index in [4.69, 9.17) is 9.47 Å². The van der Waals surface area contributed by atoms with Crippen LogP contribution in [-0.2, 0) is 4.74 Å². The molecule has 1 atom stereocenters. The summed E-state index contributed by atoms with van der Waals surface area (Å²) < 4.78 is 12.4. The first-order chi connectivity index (χ1) is 17.4. The molecule has 0 bridgehead atoms. The maximum atomic E-state index is 12.6. The van der Waals surface area contributed by atoms with Crippen molar-refractivity contribution >= 4 is 44.1 Å². The maximum Gasteiger partial charge on any atom is 0.252 e. The number of methoxy groups -OCH3 is 1. The predicted molar refractivity (Wildman–Crippen MR) is 144 cm³/mol. The fraction of sp³-hybridized carbons (Fsp3) is 0.321. The zero-order valence-corrected chi connectivity index (χ0v) is 21.8. The summed E-state index contributed by atoms with van der Waals surface area (Å²) in [5.41, 5.74) is 1.95. The third kappa shape index (κ3) is 5.66. The summed E-state index contributed by atoms with van der Waals surface area (Å²) in [4.78, 5) is 30.3. The van der Waals surface area contributed by atoms with E-state index in [1.807, 2.05) is 37.3 Å². The zero-order chi connectivity index (χ0) is 25.7. The monoisotopic (exact) mass is 505 g/mol. The zero-order valence-electron chi connectivity index (χ0n) is 21.0. The lowest BCUT2D eigenvalue weighted by Gasteiger charge is -2.11. The normalized spacial score (nSPS) is 12.0. The number of rotatable bonds is 10. The minimum Gasteiger partial charge on any atom is -0.457 e. The molecule has 36 heavy (non-hydrogen) atoms. The van der Waals surface area contributed by atoms with E-state index >= 15 is 0 Å². The van der Waals surface area contributed by atoms with Crippen molar-refractivity contribution < 1.29 is 19.1 Å². The largest absolute Gasteiger partial charge is 0.457 e. The standard InChI is InChI=1S/C28H31N3O4S/c1-17(16-34-4)6-5-12-31-27(32)19-7-9-21-23(14-19)30-13-11-24(21)35-20-8-10-22-25(15-20)36-18(2)26(22)28(33)29-3/h7-11,13-15,17H,5-6,12,16H2,1-4H3,(H,29,33)(H,31,32)/t17-/m0/s1. The Hall–Kier alpha value is -3.49. The molecule has 0 radical (unpaired) electrons. The number of aryl methyl sites for hydroxylation is 1. The van der Waals surface area contributed by atoms with Crippen molar-refractivity contribution in [1.82, 2.24) is 15.6 Å². The Morgan fingerprint density at radius 1 is 1.08 bits per heavy atom. The number of fused-ring (bicyclic) bond motifs is 2. The lowest BCUT2D eigenvalue weighted by molar-refractivity contribution is 0.0947. The van der Waals surface area contributed by atoms with Crippen molar-refractivity contribution in [2.75, 3.05) is 27.3 Å². The number of hydrogen-bond donors (Lipinski definition) is 2. The minimum absolute atomic E-state index is 0.0898. The van der Waals surface area contributed by atoms with Crippen LogP contribution in [0.15, 0.2) is 48.7 Å². The number of carbonyl (C=O) groups is 2. The van der Waals surface area contributed by atoms with Crippen molar-refractivity contribution in [2.24, 2.45) is 5.92 Å². The topological polar surface area (TPSA) is 89.5 Å². The summed E-state index contributed by atoms with van der Waals surface area (Å²) in [5, 5.41) is 7.42. The van der Waals surface area contributed by atoms with E-state index in [0.717, 1.165) is 39.8 Å². The average molecular weight is 506 g/mol. The molecular formula is C28H31N3O4S. The maximum absolute atomic E-state index is 12.6. The van der Waals surface area contributed by atoms with Crippen LogP contribution in [0.1, 0.15) is 45.4 Å². The second kappa shape index (κ2) is 11.5. The van der Waals surface area contributed by atoms with Gasteiger partial charge in [-0.15, -0.1) is 11.3 Å². The first kappa shape index (κ1) is 25.6. The first-order valence-corrected chi connectivity index (χ1v) is 12.8. The van der Waals surface area contributed by atoms with Gasteiger partial charge in [-0.25, -0.2) is 0 Å². The number of benzene rings is 2. The summed E-state index contributed by atoms with van der Waals surface area (Å²) in [6, 6.07) is 13.0. The van der Waals surface area contributed by atoms with E-state index in [1.165, 1.54) is 0 Å². The molecule has 4 rings (SSSR count). The lowest BCUT2D eigenvalue weighted by Crippen LogP contribution is -2.25. The van der Waals surface area contributed by atoms with E-state index in [2.05, 4.69) is 22.5 Å². The molecule has 0 saturated carbocycles. The molecule has 0 spiro atoms. The third-order valence-corrected chi connectivity index (χ3v) is 7.16. The third-order valence-electron chi connectivity index (χ3n) is 6.09. The number of carbonyl (C=O) groups excluding carboxylic acids is 2. The first-order valence-electron chi connectivity index (χ1n) is 12.0. The molecule has 2 heterocycles. The van der Waals surface area contributed by atoms with Gasteiger partial charge < -0.3 is 20.1 Å². The molecule has 188 valence electrons. The summed E-state index contributed by atoms with van der Waals surface area (Å²) in [6.45, 7) is 5.43. The summed E-state index contributed by atoms with van der Waals surface area (Å²) in [5.74, 6) is 1.59. The van der Waals surface area contributed by atoms with Gasteiger partial charge >= 0.3 is 0 Å². The fourth-order valence-electron chi connectivity index (χ4n) is 4.27. The van der Waals surface area contributed by atoms with Crippen LogP contribution in [0.3, 0.4) is 0 Å². The van der Waals surface area contributed by atoms with Crippen molar-refractivity contribution in [3.8, 4) is 11.5 Å². The van der Waals surface area contributed by atoms with Gasteiger partial charge in [-0.05, 0) is 68.1 Å². The average Bonchev–Trinajstić information content (AvgIpc) is 3.21. The van der Waals surface area contributed by atoms with Crippen molar-refractivity contribution in [3.05, 3.63) is 64.7 Å². The highest BCUT2D eigenvalue weighted by molar-refractivity contribution is 7.19. The van der Waals surface area contributed by atoms with Gasteiger partial charge in [-0.2, -0.15) is 0 Å². The summed E-state index contributed by atoms with van der Waals surface area (Å²) >= 11 is 1.56. The van der Waals surface area contributed by atoms with Crippen LogP contribution in [0.25, 0.3) is 21.0 Å². The SMILES string of the molecule is CNC(=O)c1c(C)sc2cc(Oc3ccnc4cc(C(=O)NCCC[C@H](C)COC)ccc34)ccc12. The molecule has 0 unspecified atom stereocenters. The Labute approximate surface area is 214 Å². The number of aromatic nitrogens is 1. The van der Waals surface area contributed by atoms with E-state index in [1.54, 1.807) is 43.8 Å². The minimum atomic E-state index is -0.116. The van der Waals surface area contributed by atoms with E-state index in [0.29, 0.717) is 40.6 Å². The van der Waals surface area contributed by atoms with Crippen molar-refractivity contribution in [2.45, 2.75) is 26.7 Å². The highest BCUT2D eigenvalue weighted by Crippen LogP contribution is 2.36. The summed E-state index contributed by atoms with van der Waals surface area (Å²) in [6.07, 6.45) is 3.57. The molecule has 2 N–H and O–H groups in total. The van der Waals surface area contributed by atoms with Crippen LogP contribution in [0, 0.1) is 12.8 Å². The van der Waals surface area contributed by atoms with E-state index < -0.39 is 0 Å². The Balaban J connectivity index is 1.48. The van der Waals surface area contributed by atoms with Crippen LogP contribution >= 0.6 is 11.3 Å². The molecule has 2 amide bonds. The van der Waals surface area contributed by atoms with Gasteiger partial charge in [0.2, 0.25) is 0 Å². The van der Waals surface area contributed by atoms with Crippen LogP contribution in [0.5, 0.6) is 11.5 Å². The van der Waals surface area contributed by atoms with E-state index in [-0.39, 0.29) is 11.8 Å². The number of thiophene rings is 1. The second-order valence-corrected chi connectivity index (χ2v) is 10.1. The number of nitrogens with zero attached hydrogens (tertiary/aromatic N) is 1. The number of ether oxygens (including phenoxy) is 2. The molecule has 0 saturated heterocycles. The molecule has 0 fully saturated rings. The molecular weight excluding hydrogens is 474 g/mol. The molecule has 8 heteroatoms. The molecule has 4 aromatic rings. The van der Waals surface area contributed by atoms with Crippen molar-refractivity contribution in [1.29, 1.82) is 0 Å². The Bertz CT molecular complexity index is 1400. The molecule has 7 nitrogen and oxygen atoms in total. The van der Waals surface area contributed by atoms with Crippen LogP contribution < -0.4 is 15.4 Å². The quantitative estimate of drug-likeness (QED) is 0.270. The Kier molecular flexibility index (Phi) is 8.18. The van der Waals surface area contributed by atoms with Crippen molar-refractivity contribution in [3.63, 3.8) is 0 Å². The number of amides is 2. The van der Waals surface area contributed by atoms with E-state index in [9.17, 15) is 9.59 Å². The van der Waals surface area contributed by atoms with Gasteiger partial charge in [-0.3, -0.25) is 14.6 Å².